The minimum absolute atomic E-state index is 0.0544. The number of aromatic hydroxyl groups is 1. The van der Waals surface area contributed by atoms with E-state index in [0.29, 0.717) is 17.0 Å². The number of para-hydroxylation sites is 2. The lowest BCUT2D eigenvalue weighted by molar-refractivity contribution is 0.254. The van der Waals surface area contributed by atoms with Gasteiger partial charge in [-0.1, -0.05) is 24.3 Å². The zero-order valence-corrected chi connectivity index (χ0v) is 11.4. The first-order valence-corrected chi connectivity index (χ1v) is 6.18. The first-order chi connectivity index (χ1) is 10.1. The SMILES string of the molecule is COc1cccc(/C=N/N(C(N)=O)c2ccccc2)c1O. The van der Waals surface area contributed by atoms with Crippen molar-refractivity contribution in [2.45, 2.75) is 0 Å². The van der Waals surface area contributed by atoms with Crippen molar-refractivity contribution in [1.29, 1.82) is 0 Å². The van der Waals surface area contributed by atoms with Gasteiger partial charge in [0.05, 0.1) is 19.0 Å². The number of methoxy groups -OCH3 is 1. The third-order valence-corrected chi connectivity index (χ3v) is 2.77. The molecule has 21 heavy (non-hydrogen) atoms. The Labute approximate surface area is 122 Å². The Bertz CT molecular complexity index is 656. The molecule has 108 valence electrons. The zero-order valence-electron chi connectivity index (χ0n) is 11.4. The maximum absolute atomic E-state index is 11.5. The van der Waals surface area contributed by atoms with Crippen molar-refractivity contribution in [3.63, 3.8) is 0 Å². The van der Waals surface area contributed by atoms with E-state index < -0.39 is 6.03 Å². The van der Waals surface area contributed by atoms with Crippen LogP contribution in [-0.4, -0.2) is 24.5 Å². The summed E-state index contributed by atoms with van der Waals surface area (Å²) >= 11 is 0. The second-order valence-electron chi connectivity index (χ2n) is 4.13. The van der Waals surface area contributed by atoms with Gasteiger partial charge in [-0.2, -0.15) is 10.1 Å². The molecule has 6 nitrogen and oxygen atoms in total. The maximum atomic E-state index is 11.5. The molecule has 0 saturated heterocycles. The van der Waals surface area contributed by atoms with Crippen molar-refractivity contribution in [2.24, 2.45) is 10.8 Å². The van der Waals surface area contributed by atoms with Crippen LogP contribution in [0.4, 0.5) is 10.5 Å². The number of benzene rings is 2. The Morgan fingerprint density at radius 1 is 1.24 bits per heavy atom. The summed E-state index contributed by atoms with van der Waals surface area (Å²) in [5, 5.41) is 15.0. The van der Waals surface area contributed by atoms with Gasteiger partial charge in [-0.25, -0.2) is 4.79 Å². The number of carbonyl (C=O) groups is 1. The van der Waals surface area contributed by atoms with Crippen molar-refractivity contribution < 1.29 is 14.6 Å². The van der Waals surface area contributed by atoms with Gasteiger partial charge in [0.2, 0.25) is 0 Å². The third-order valence-electron chi connectivity index (χ3n) is 2.77. The molecule has 3 N–H and O–H groups in total. The number of primary amides is 1. The number of amides is 2. The molecule has 0 unspecified atom stereocenters. The summed E-state index contributed by atoms with van der Waals surface area (Å²) in [5.74, 6) is 0.269. The van der Waals surface area contributed by atoms with E-state index in [4.69, 9.17) is 10.5 Å². The van der Waals surface area contributed by atoms with Crippen LogP contribution < -0.4 is 15.5 Å². The van der Waals surface area contributed by atoms with Crippen molar-refractivity contribution >= 4 is 17.9 Å². The highest BCUT2D eigenvalue weighted by molar-refractivity contribution is 5.93. The number of ether oxygens (including phenoxy) is 1. The summed E-state index contributed by atoms with van der Waals surface area (Å²) < 4.78 is 5.01. The highest BCUT2D eigenvalue weighted by Crippen LogP contribution is 2.28. The monoisotopic (exact) mass is 285 g/mol. The third kappa shape index (κ3) is 3.30. The number of rotatable bonds is 4. The highest BCUT2D eigenvalue weighted by Gasteiger charge is 2.11. The molecule has 0 bridgehead atoms. The standard InChI is InChI=1S/C15H15N3O3/c1-21-13-9-5-6-11(14(13)19)10-17-18(15(16)20)12-7-3-2-4-8-12/h2-10,19H,1H3,(H2,16,20)/b17-10+. The van der Waals surface area contributed by atoms with Crippen LogP contribution in [0, 0.1) is 0 Å². The van der Waals surface area contributed by atoms with Gasteiger partial charge in [-0.15, -0.1) is 0 Å². The van der Waals surface area contributed by atoms with E-state index in [0.717, 1.165) is 5.01 Å². The molecule has 2 rings (SSSR count). The van der Waals surface area contributed by atoms with Crippen molar-refractivity contribution in [3.8, 4) is 11.5 Å². The summed E-state index contributed by atoms with van der Waals surface area (Å²) in [6.07, 6.45) is 1.34. The topological polar surface area (TPSA) is 88.1 Å². The molecule has 0 radical (unpaired) electrons. The van der Waals surface area contributed by atoms with Gasteiger partial charge in [0, 0.05) is 5.56 Å². The second kappa shape index (κ2) is 6.42. The van der Waals surface area contributed by atoms with Crippen molar-refractivity contribution in [3.05, 3.63) is 54.1 Å². The smallest absolute Gasteiger partial charge is 0.340 e. The molecule has 0 aliphatic carbocycles. The van der Waals surface area contributed by atoms with Gasteiger partial charge in [0.25, 0.3) is 0 Å². The maximum Gasteiger partial charge on any atom is 0.340 e. The summed E-state index contributed by atoms with van der Waals surface area (Å²) in [4.78, 5) is 11.5. The number of hydrazone groups is 1. The van der Waals surface area contributed by atoms with E-state index in [9.17, 15) is 9.90 Å². The number of anilines is 1. The number of phenols is 1. The van der Waals surface area contributed by atoms with Crippen LogP contribution in [0.1, 0.15) is 5.56 Å². The Balaban J connectivity index is 2.32. The van der Waals surface area contributed by atoms with Gasteiger partial charge in [0.15, 0.2) is 11.5 Å². The number of hydrogen-bond acceptors (Lipinski definition) is 4. The van der Waals surface area contributed by atoms with E-state index >= 15 is 0 Å². The van der Waals surface area contributed by atoms with E-state index in [-0.39, 0.29) is 5.75 Å². The van der Waals surface area contributed by atoms with E-state index in [1.807, 2.05) is 6.07 Å². The van der Waals surface area contributed by atoms with Gasteiger partial charge >= 0.3 is 6.03 Å². The van der Waals surface area contributed by atoms with Crippen molar-refractivity contribution in [2.75, 3.05) is 12.1 Å². The predicted octanol–water partition coefficient (Wildman–Crippen LogP) is 2.32. The van der Waals surface area contributed by atoms with Crippen LogP contribution in [0.3, 0.4) is 0 Å². The molecule has 0 aliphatic heterocycles. The Kier molecular flexibility index (Phi) is 4.40. The number of phenolic OH excluding ortho intramolecular Hbond substituents is 1. The second-order valence-corrected chi connectivity index (χ2v) is 4.13. The molecule has 2 amide bonds. The molecule has 0 fully saturated rings. The normalized spacial score (nSPS) is 10.5. The summed E-state index contributed by atoms with van der Waals surface area (Å²) in [6.45, 7) is 0. The first kappa shape index (κ1) is 14.4. The van der Waals surface area contributed by atoms with Gasteiger partial charge in [0.1, 0.15) is 0 Å². The van der Waals surface area contributed by atoms with Crippen LogP contribution in [0.25, 0.3) is 0 Å². The first-order valence-electron chi connectivity index (χ1n) is 6.18. The highest BCUT2D eigenvalue weighted by atomic mass is 16.5. The quantitative estimate of drug-likeness (QED) is 0.667. The largest absolute Gasteiger partial charge is 0.504 e. The molecule has 0 atom stereocenters. The summed E-state index contributed by atoms with van der Waals surface area (Å²) in [7, 11) is 1.45. The Morgan fingerprint density at radius 3 is 2.57 bits per heavy atom. The summed E-state index contributed by atoms with van der Waals surface area (Å²) in [6, 6.07) is 13.0. The molecular weight excluding hydrogens is 270 g/mol. The minimum Gasteiger partial charge on any atom is -0.504 e. The lowest BCUT2D eigenvalue weighted by atomic mass is 10.2. The van der Waals surface area contributed by atoms with E-state index in [2.05, 4.69) is 5.10 Å². The Morgan fingerprint density at radius 2 is 1.95 bits per heavy atom. The van der Waals surface area contributed by atoms with E-state index in [1.54, 1.807) is 42.5 Å². The van der Waals surface area contributed by atoms with Crippen LogP contribution in [-0.2, 0) is 0 Å². The lowest BCUT2D eigenvalue weighted by Gasteiger charge is -2.14. The van der Waals surface area contributed by atoms with Crippen LogP contribution in [0.15, 0.2) is 53.6 Å². The van der Waals surface area contributed by atoms with Crippen LogP contribution >= 0.6 is 0 Å². The number of urea groups is 1. The van der Waals surface area contributed by atoms with E-state index in [1.165, 1.54) is 13.3 Å². The van der Waals surface area contributed by atoms with Crippen molar-refractivity contribution in [1.82, 2.24) is 0 Å². The fourth-order valence-electron chi connectivity index (χ4n) is 1.75. The fourth-order valence-corrected chi connectivity index (χ4v) is 1.75. The van der Waals surface area contributed by atoms with Gasteiger partial charge in [-0.05, 0) is 24.3 Å². The Hall–Kier alpha value is -3.02. The molecule has 2 aromatic rings. The molecule has 0 aromatic heterocycles. The minimum atomic E-state index is -0.722. The van der Waals surface area contributed by atoms with Gasteiger partial charge in [-0.3, -0.25) is 0 Å². The van der Waals surface area contributed by atoms with Crippen LogP contribution in [0.5, 0.6) is 11.5 Å². The average Bonchev–Trinajstić information content (AvgIpc) is 2.50. The molecule has 6 heteroatoms. The lowest BCUT2D eigenvalue weighted by Crippen LogP contribution is -2.31. The van der Waals surface area contributed by atoms with Gasteiger partial charge < -0.3 is 15.6 Å². The molecular formula is C15H15N3O3. The molecule has 0 aliphatic rings. The fraction of sp³-hybridized carbons (Fsp3) is 0.0667. The molecule has 0 heterocycles. The summed E-state index contributed by atoms with van der Waals surface area (Å²) in [5.41, 5.74) is 6.26. The number of hydrogen-bond donors (Lipinski definition) is 2. The molecule has 0 saturated carbocycles. The molecule has 2 aromatic carbocycles. The number of carbonyl (C=O) groups excluding carboxylic acids is 1. The van der Waals surface area contributed by atoms with Crippen LogP contribution in [0.2, 0.25) is 0 Å². The molecule has 0 spiro atoms. The average molecular weight is 285 g/mol. The zero-order chi connectivity index (χ0) is 15.2. The number of nitrogens with zero attached hydrogens (tertiary/aromatic N) is 2. The number of nitrogens with two attached hydrogens (primary N) is 1. The predicted molar refractivity (Wildman–Crippen MR) is 80.8 cm³/mol.